The standard InChI is InChI=1S/C14H21N/c1-10-9-15-14(12(3)11(10)2)13-7-5-4-6-8-13/h9,13H,4-8H2,1-3H3. The lowest BCUT2D eigenvalue weighted by Gasteiger charge is -2.23. The summed E-state index contributed by atoms with van der Waals surface area (Å²) in [6.45, 7) is 6.61. The Morgan fingerprint density at radius 2 is 1.67 bits per heavy atom. The van der Waals surface area contributed by atoms with Crippen LogP contribution in [0.4, 0.5) is 0 Å². The minimum atomic E-state index is 0.734. The minimum absolute atomic E-state index is 0.734. The quantitative estimate of drug-likeness (QED) is 0.671. The van der Waals surface area contributed by atoms with E-state index in [1.165, 1.54) is 54.5 Å². The maximum absolute atomic E-state index is 4.66. The molecular formula is C14H21N. The fourth-order valence-electron chi connectivity index (χ4n) is 2.64. The lowest BCUT2D eigenvalue weighted by Crippen LogP contribution is -2.09. The van der Waals surface area contributed by atoms with Crippen LogP contribution in [0.2, 0.25) is 0 Å². The molecule has 1 heteroatoms. The summed E-state index contributed by atoms with van der Waals surface area (Å²) in [5, 5.41) is 0. The van der Waals surface area contributed by atoms with Crippen LogP contribution in [0.1, 0.15) is 60.4 Å². The zero-order valence-corrected chi connectivity index (χ0v) is 10.1. The van der Waals surface area contributed by atoms with Crippen molar-refractivity contribution in [2.24, 2.45) is 0 Å². The van der Waals surface area contributed by atoms with E-state index >= 15 is 0 Å². The van der Waals surface area contributed by atoms with Crippen LogP contribution in [0.5, 0.6) is 0 Å². The fraction of sp³-hybridized carbons (Fsp3) is 0.643. The van der Waals surface area contributed by atoms with Gasteiger partial charge < -0.3 is 0 Å². The van der Waals surface area contributed by atoms with Gasteiger partial charge in [0, 0.05) is 17.8 Å². The smallest absolute Gasteiger partial charge is 0.0466 e. The van der Waals surface area contributed by atoms with Crippen molar-refractivity contribution in [2.45, 2.75) is 58.8 Å². The second kappa shape index (κ2) is 4.34. The van der Waals surface area contributed by atoms with E-state index in [0.29, 0.717) is 0 Å². The summed E-state index contributed by atoms with van der Waals surface area (Å²) in [5.74, 6) is 0.734. The molecule has 15 heavy (non-hydrogen) atoms. The predicted octanol–water partition coefficient (Wildman–Crippen LogP) is 4.05. The van der Waals surface area contributed by atoms with Gasteiger partial charge in [0.15, 0.2) is 0 Å². The van der Waals surface area contributed by atoms with Gasteiger partial charge in [0.2, 0.25) is 0 Å². The molecule has 1 aromatic rings. The Balaban J connectivity index is 2.31. The largest absolute Gasteiger partial charge is 0.260 e. The number of aryl methyl sites for hydroxylation is 1. The van der Waals surface area contributed by atoms with Crippen molar-refractivity contribution < 1.29 is 0 Å². The van der Waals surface area contributed by atoms with Gasteiger partial charge in [-0.1, -0.05) is 19.3 Å². The Labute approximate surface area is 92.9 Å². The molecule has 1 fully saturated rings. The van der Waals surface area contributed by atoms with E-state index in [1.807, 2.05) is 6.20 Å². The lowest BCUT2D eigenvalue weighted by molar-refractivity contribution is 0.435. The Kier molecular flexibility index (Phi) is 3.08. The van der Waals surface area contributed by atoms with E-state index in [4.69, 9.17) is 0 Å². The molecule has 0 saturated heterocycles. The van der Waals surface area contributed by atoms with Crippen LogP contribution in [0.25, 0.3) is 0 Å². The van der Waals surface area contributed by atoms with Crippen LogP contribution in [0, 0.1) is 20.8 Å². The molecule has 0 bridgehead atoms. The number of hydrogen-bond donors (Lipinski definition) is 0. The molecule has 0 aromatic carbocycles. The summed E-state index contributed by atoms with van der Waals surface area (Å²) in [7, 11) is 0. The molecule has 0 amide bonds. The average Bonchev–Trinajstić information content (AvgIpc) is 2.27. The molecule has 2 rings (SSSR count). The highest BCUT2D eigenvalue weighted by Crippen LogP contribution is 2.34. The highest BCUT2D eigenvalue weighted by molar-refractivity contribution is 5.35. The van der Waals surface area contributed by atoms with Crippen molar-refractivity contribution >= 4 is 0 Å². The zero-order chi connectivity index (χ0) is 10.8. The van der Waals surface area contributed by atoms with E-state index in [-0.39, 0.29) is 0 Å². The van der Waals surface area contributed by atoms with Gasteiger partial charge in [0.1, 0.15) is 0 Å². The molecule has 0 N–H and O–H groups in total. The predicted molar refractivity (Wildman–Crippen MR) is 64.3 cm³/mol. The van der Waals surface area contributed by atoms with Gasteiger partial charge >= 0.3 is 0 Å². The van der Waals surface area contributed by atoms with Gasteiger partial charge in [0.05, 0.1) is 0 Å². The first-order valence-electron chi connectivity index (χ1n) is 6.13. The van der Waals surface area contributed by atoms with Crippen molar-refractivity contribution in [1.82, 2.24) is 4.98 Å². The molecule has 0 unspecified atom stereocenters. The minimum Gasteiger partial charge on any atom is -0.260 e. The highest BCUT2D eigenvalue weighted by atomic mass is 14.7. The van der Waals surface area contributed by atoms with Crippen molar-refractivity contribution in [2.75, 3.05) is 0 Å². The first kappa shape index (κ1) is 10.7. The van der Waals surface area contributed by atoms with E-state index < -0.39 is 0 Å². The molecule has 1 saturated carbocycles. The molecule has 0 spiro atoms. The molecule has 1 nitrogen and oxygen atoms in total. The van der Waals surface area contributed by atoms with Crippen LogP contribution in [0.15, 0.2) is 6.20 Å². The second-order valence-corrected chi connectivity index (χ2v) is 4.91. The molecule has 1 aromatic heterocycles. The van der Waals surface area contributed by atoms with Gasteiger partial charge in [-0.2, -0.15) is 0 Å². The summed E-state index contributed by atoms with van der Waals surface area (Å²) in [6.07, 6.45) is 8.93. The first-order chi connectivity index (χ1) is 7.20. The topological polar surface area (TPSA) is 12.9 Å². The molecule has 82 valence electrons. The van der Waals surface area contributed by atoms with Crippen molar-refractivity contribution in [3.63, 3.8) is 0 Å². The van der Waals surface area contributed by atoms with Crippen LogP contribution in [-0.4, -0.2) is 4.98 Å². The third-order valence-corrected chi connectivity index (χ3v) is 3.93. The molecule has 1 aliphatic rings. The third kappa shape index (κ3) is 2.06. The summed E-state index contributed by atoms with van der Waals surface area (Å²) in [6, 6.07) is 0. The molecule has 0 radical (unpaired) electrons. The number of pyridine rings is 1. The molecule has 1 aliphatic carbocycles. The van der Waals surface area contributed by atoms with Crippen LogP contribution >= 0.6 is 0 Å². The van der Waals surface area contributed by atoms with Crippen LogP contribution in [0.3, 0.4) is 0 Å². The number of aromatic nitrogens is 1. The Morgan fingerprint density at radius 3 is 2.33 bits per heavy atom. The van der Waals surface area contributed by atoms with Crippen molar-refractivity contribution in [3.8, 4) is 0 Å². The Morgan fingerprint density at radius 1 is 1.00 bits per heavy atom. The van der Waals surface area contributed by atoms with Gasteiger partial charge in [-0.3, -0.25) is 4.98 Å². The van der Waals surface area contributed by atoms with E-state index in [2.05, 4.69) is 25.8 Å². The summed E-state index contributed by atoms with van der Waals surface area (Å²) in [5.41, 5.74) is 5.57. The van der Waals surface area contributed by atoms with Crippen molar-refractivity contribution in [1.29, 1.82) is 0 Å². The monoisotopic (exact) mass is 203 g/mol. The number of hydrogen-bond acceptors (Lipinski definition) is 1. The molecule has 1 heterocycles. The third-order valence-electron chi connectivity index (χ3n) is 3.93. The highest BCUT2D eigenvalue weighted by Gasteiger charge is 2.19. The zero-order valence-electron chi connectivity index (χ0n) is 10.1. The number of rotatable bonds is 1. The van der Waals surface area contributed by atoms with Crippen LogP contribution < -0.4 is 0 Å². The van der Waals surface area contributed by atoms with Gasteiger partial charge in [-0.05, 0) is 50.3 Å². The van der Waals surface area contributed by atoms with Gasteiger partial charge in [-0.15, -0.1) is 0 Å². The van der Waals surface area contributed by atoms with E-state index in [0.717, 1.165) is 5.92 Å². The molecule has 0 aliphatic heterocycles. The number of nitrogens with zero attached hydrogens (tertiary/aromatic N) is 1. The van der Waals surface area contributed by atoms with Crippen molar-refractivity contribution in [3.05, 3.63) is 28.6 Å². The summed E-state index contributed by atoms with van der Waals surface area (Å²) in [4.78, 5) is 4.66. The van der Waals surface area contributed by atoms with E-state index in [9.17, 15) is 0 Å². The van der Waals surface area contributed by atoms with E-state index in [1.54, 1.807) is 0 Å². The summed E-state index contributed by atoms with van der Waals surface area (Å²) < 4.78 is 0. The SMILES string of the molecule is Cc1cnc(C2CCCCC2)c(C)c1C. The second-order valence-electron chi connectivity index (χ2n) is 4.91. The van der Waals surface area contributed by atoms with Gasteiger partial charge in [0.25, 0.3) is 0 Å². The molecule has 0 atom stereocenters. The maximum atomic E-state index is 4.66. The normalized spacial score (nSPS) is 18.1. The molecular weight excluding hydrogens is 182 g/mol. The Hall–Kier alpha value is -0.850. The van der Waals surface area contributed by atoms with Crippen LogP contribution in [-0.2, 0) is 0 Å². The maximum Gasteiger partial charge on any atom is 0.0466 e. The fourth-order valence-corrected chi connectivity index (χ4v) is 2.64. The van der Waals surface area contributed by atoms with Gasteiger partial charge in [-0.25, -0.2) is 0 Å². The average molecular weight is 203 g/mol. The first-order valence-corrected chi connectivity index (χ1v) is 6.13. The lowest BCUT2D eigenvalue weighted by atomic mass is 9.84. The summed E-state index contributed by atoms with van der Waals surface area (Å²) >= 11 is 0. The Bertz CT molecular complexity index is 349.